The predicted octanol–water partition coefficient (Wildman–Crippen LogP) is 1.53. The Balaban J connectivity index is 2.19. The van der Waals surface area contributed by atoms with Gasteiger partial charge in [-0.3, -0.25) is 0 Å². The standard InChI is InChI=1S/C13H16N2O4/c1-2-19-13(18)9-4-3-7-14-11(9)15-10(12(16)17)8-5-6-8/h3-4,7-8,10H,2,5-6H2,1H3,(H,14,15)(H,16,17). The van der Waals surface area contributed by atoms with Crippen LogP contribution in [0.25, 0.3) is 0 Å². The predicted molar refractivity (Wildman–Crippen MR) is 68.0 cm³/mol. The Kier molecular flexibility index (Phi) is 3.99. The Morgan fingerprint density at radius 2 is 2.32 bits per heavy atom. The van der Waals surface area contributed by atoms with Gasteiger partial charge in [-0.2, -0.15) is 0 Å². The Bertz CT molecular complexity index is 485. The van der Waals surface area contributed by atoms with E-state index in [9.17, 15) is 14.7 Å². The van der Waals surface area contributed by atoms with E-state index in [-0.39, 0.29) is 23.9 Å². The molecule has 0 bridgehead atoms. The molecular weight excluding hydrogens is 248 g/mol. The number of anilines is 1. The minimum absolute atomic E-state index is 0.106. The first-order valence-corrected chi connectivity index (χ1v) is 6.25. The van der Waals surface area contributed by atoms with Gasteiger partial charge in [-0.05, 0) is 37.8 Å². The topological polar surface area (TPSA) is 88.5 Å². The number of carbonyl (C=O) groups is 2. The van der Waals surface area contributed by atoms with Crippen molar-refractivity contribution in [1.82, 2.24) is 4.98 Å². The maximum absolute atomic E-state index is 11.8. The van der Waals surface area contributed by atoms with Crippen LogP contribution in [0.1, 0.15) is 30.1 Å². The lowest BCUT2D eigenvalue weighted by molar-refractivity contribution is -0.138. The molecule has 1 saturated carbocycles. The van der Waals surface area contributed by atoms with Gasteiger partial charge < -0.3 is 15.2 Å². The smallest absolute Gasteiger partial charge is 0.341 e. The lowest BCUT2D eigenvalue weighted by Gasteiger charge is -2.16. The molecule has 0 radical (unpaired) electrons. The number of nitrogens with zero attached hydrogens (tertiary/aromatic N) is 1. The lowest BCUT2D eigenvalue weighted by atomic mass is 10.1. The highest BCUT2D eigenvalue weighted by atomic mass is 16.5. The summed E-state index contributed by atoms with van der Waals surface area (Å²) >= 11 is 0. The highest BCUT2D eigenvalue weighted by Gasteiger charge is 2.37. The van der Waals surface area contributed by atoms with Gasteiger partial charge in [0, 0.05) is 6.20 Å². The number of ether oxygens (including phenoxy) is 1. The van der Waals surface area contributed by atoms with Crippen molar-refractivity contribution in [3.63, 3.8) is 0 Å². The van der Waals surface area contributed by atoms with Crippen LogP contribution in [-0.4, -0.2) is 34.7 Å². The average Bonchev–Trinajstić information content (AvgIpc) is 3.20. The molecule has 1 aliphatic rings. The molecule has 1 heterocycles. The molecule has 1 unspecified atom stereocenters. The quantitative estimate of drug-likeness (QED) is 0.757. The number of carboxylic acid groups (broad SMARTS) is 1. The van der Waals surface area contributed by atoms with Crippen LogP contribution < -0.4 is 5.32 Å². The molecule has 0 spiro atoms. The van der Waals surface area contributed by atoms with E-state index in [4.69, 9.17) is 4.74 Å². The van der Waals surface area contributed by atoms with Crippen LogP contribution >= 0.6 is 0 Å². The third-order valence-electron chi connectivity index (χ3n) is 2.95. The Morgan fingerprint density at radius 3 is 2.89 bits per heavy atom. The Morgan fingerprint density at radius 1 is 1.58 bits per heavy atom. The van der Waals surface area contributed by atoms with Gasteiger partial charge >= 0.3 is 11.9 Å². The zero-order chi connectivity index (χ0) is 13.8. The van der Waals surface area contributed by atoms with Crippen molar-refractivity contribution in [2.75, 3.05) is 11.9 Å². The first-order valence-electron chi connectivity index (χ1n) is 6.25. The third-order valence-corrected chi connectivity index (χ3v) is 2.95. The average molecular weight is 264 g/mol. The van der Waals surface area contributed by atoms with Crippen molar-refractivity contribution in [1.29, 1.82) is 0 Å². The summed E-state index contributed by atoms with van der Waals surface area (Å²) in [7, 11) is 0. The number of hydrogen-bond acceptors (Lipinski definition) is 5. The minimum atomic E-state index is -0.928. The summed E-state index contributed by atoms with van der Waals surface area (Å²) in [5, 5.41) is 12.0. The van der Waals surface area contributed by atoms with Gasteiger partial charge in [0.25, 0.3) is 0 Å². The molecule has 0 saturated heterocycles. The van der Waals surface area contributed by atoms with Crippen molar-refractivity contribution in [2.45, 2.75) is 25.8 Å². The number of carboxylic acids is 1. The highest BCUT2D eigenvalue weighted by molar-refractivity contribution is 5.95. The maximum Gasteiger partial charge on any atom is 0.341 e. The van der Waals surface area contributed by atoms with Crippen molar-refractivity contribution < 1.29 is 19.4 Å². The SMILES string of the molecule is CCOC(=O)c1cccnc1NC(C(=O)O)C1CC1. The van der Waals surface area contributed by atoms with Gasteiger partial charge in [0.1, 0.15) is 17.4 Å². The molecule has 1 atom stereocenters. The molecule has 2 N–H and O–H groups in total. The molecule has 1 aromatic heterocycles. The molecule has 6 heteroatoms. The van der Waals surface area contributed by atoms with Crippen LogP contribution in [0.5, 0.6) is 0 Å². The number of esters is 1. The van der Waals surface area contributed by atoms with Crippen LogP contribution in [0.2, 0.25) is 0 Å². The van der Waals surface area contributed by atoms with Gasteiger partial charge in [0.15, 0.2) is 0 Å². The van der Waals surface area contributed by atoms with E-state index in [2.05, 4.69) is 10.3 Å². The van der Waals surface area contributed by atoms with Crippen LogP contribution in [-0.2, 0) is 9.53 Å². The molecule has 2 rings (SSSR count). The first-order chi connectivity index (χ1) is 9.13. The van der Waals surface area contributed by atoms with E-state index in [0.29, 0.717) is 0 Å². The largest absolute Gasteiger partial charge is 0.480 e. The number of aromatic nitrogens is 1. The fourth-order valence-electron chi connectivity index (χ4n) is 1.85. The molecule has 0 aliphatic heterocycles. The third kappa shape index (κ3) is 3.21. The number of pyridine rings is 1. The zero-order valence-corrected chi connectivity index (χ0v) is 10.6. The Labute approximate surface area is 110 Å². The number of rotatable bonds is 6. The number of hydrogen-bond donors (Lipinski definition) is 2. The van der Waals surface area contributed by atoms with Crippen LogP contribution in [0.4, 0.5) is 5.82 Å². The molecule has 6 nitrogen and oxygen atoms in total. The van der Waals surface area contributed by atoms with E-state index < -0.39 is 18.0 Å². The highest BCUT2D eigenvalue weighted by Crippen LogP contribution is 2.34. The molecule has 0 aromatic carbocycles. The summed E-state index contributed by atoms with van der Waals surface area (Å²) in [4.78, 5) is 27.0. The monoisotopic (exact) mass is 264 g/mol. The van der Waals surface area contributed by atoms with Gasteiger partial charge in [0.05, 0.1) is 6.61 Å². The normalized spacial score (nSPS) is 15.6. The van der Waals surface area contributed by atoms with Crippen molar-refractivity contribution >= 4 is 17.8 Å². The summed E-state index contributed by atoms with van der Waals surface area (Å²) in [6.45, 7) is 1.98. The fraction of sp³-hybridized carbons (Fsp3) is 0.462. The molecule has 1 fully saturated rings. The van der Waals surface area contributed by atoms with Crippen molar-refractivity contribution in [2.24, 2.45) is 5.92 Å². The van der Waals surface area contributed by atoms with E-state index in [1.54, 1.807) is 19.1 Å². The molecule has 1 aromatic rings. The van der Waals surface area contributed by atoms with E-state index in [1.807, 2.05) is 0 Å². The summed E-state index contributed by atoms with van der Waals surface area (Å²) in [6.07, 6.45) is 3.27. The van der Waals surface area contributed by atoms with Crippen LogP contribution in [0.15, 0.2) is 18.3 Å². The van der Waals surface area contributed by atoms with Gasteiger partial charge in [-0.25, -0.2) is 14.6 Å². The summed E-state index contributed by atoms with van der Waals surface area (Å²) in [6, 6.07) is 2.48. The number of aliphatic carboxylic acids is 1. The zero-order valence-electron chi connectivity index (χ0n) is 10.6. The summed E-state index contributed by atoms with van der Waals surface area (Å²) < 4.78 is 4.92. The fourth-order valence-corrected chi connectivity index (χ4v) is 1.85. The maximum atomic E-state index is 11.8. The van der Waals surface area contributed by atoms with Crippen molar-refractivity contribution in [3.05, 3.63) is 23.9 Å². The second-order valence-electron chi connectivity index (χ2n) is 4.42. The molecular formula is C13H16N2O4. The van der Waals surface area contributed by atoms with Crippen molar-refractivity contribution in [3.8, 4) is 0 Å². The molecule has 1 aliphatic carbocycles. The Hall–Kier alpha value is -2.11. The summed E-state index contributed by atoms with van der Waals surface area (Å²) in [5.74, 6) is -1.06. The first kappa shape index (κ1) is 13.3. The molecule has 19 heavy (non-hydrogen) atoms. The second-order valence-corrected chi connectivity index (χ2v) is 4.42. The van der Waals surface area contributed by atoms with E-state index >= 15 is 0 Å². The van der Waals surface area contributed by atoms with E-state index in [0.717, 1.165) is 12.8 Å². The summed E-state index contributed by atoms with van der Waals surface area (Å²) in [5.41, 5.74) is 0.260. The molecule has 102 valence electrons. The number of nitrogens with one attached hydrogen (secondary N) is 1. The minimum Gasteiger partial charge on any atom is -0.480 e. The lowest BCUT2D eigenvalue weighted by Crippen LogP contribution is -2.32. The molecule has 0 amide bonds. The number of carbonyl (C=O) groups excluding carboxylic acids is 1. The van der Waals surface area contributed by atoms with Crippen LogP contribution in [0, 0.1) is 5.92 Å². The van der Waals surface area contributed by atoms with Gasteiger partial charge in [0.2, 0.25) is 0 Å². The van der Waals surface area contributed by atoms with Gasteiger partial charge in [-0.15, -0.1) is 0 Å². The van der Waals surface area contributed by atoms with E-state index in [1.165, 1.54) is 6.20 Å². The van der Waals surface area contributed by atoms with Crippen LogP contribution in [0.3, 0.4) is 0 Å². The van der Waals surface area contributed by atoms with Gasteiger partial charge in [-0.1, -0.05) is 0 Å². The second kappa shape index (κ2) is 5.69.